The first-order valence-corrected chi connectivity index (χ1v) is 9.89. The predicted molar refractivity (Wildman–Crippen MR) is 93.3 cm³/mol. The van der Waals surface area contributed by atoms with E-state index in [0.717, 1.165) is 38.5 Å². The Morgan fingerprint density at radius 1 is 1.21 bits per heavy atom. The fraction of sp³-hybridized carbons (Fsp3) is 0.857. The van der Waals surface area contributed by atoms with Crippen molar-refractivity contribution in [2.45, 2.75) is 83.8 Å². The largest absolute Gasteiger partial charge is 0.393 e. The highest BCUT2D eigenvalue weighted by atomic mass is 16.3. The molecule has 3 heteroatoms. The van der Waals surface area contributed by atoms with Crippen molar-refractivity contribution >= 4 is 5.78 Å². The number of carbonyl (C=O) groups excluding carboxylic acids is 1. The van der Waals surface area contributed by atoms with Gasteiger partial charge in [0.05, 0.1) is 11.7 Å². The molecular weight excluding hydrogens is 300 g/mol. The summed E-state index contributed by atoms with van der Waals surface area (Å²) in [6.07, 6.45) is 8.53. The molecule has 0 radical (unpaired) electrons. The fourth-order valence-corrected chi connectivity index (χ4v) is 7.36. The highest BCUT2D eigenvalue weighted by molar-refractivity contribution is 5.91. The third-order valence-corrected chi connectivity index (χ3v) is 8.80. The van der Waals surface area contributed by atoms with E-state index in [0.29, 0.717) is 24.7 Å². The molecule has 4 unspecified atom stereocenters. The molecule has 3 fully saturated rings. The lowest BCUT2D eigenvalue weighted by atomic mass is 9.45. The highest BCUT2D eigenvalue weighted by Gasteiger charge is 2.65. The van der Waals surface area contributed by atoms with E-state index in [1.807, 2.05) is 6.08 Å². The second-order valence-corrected chi connectivity index (χ2v) is 9.50. The number of hydrogen-bond donors (Lipinski definition) is 2. The van der Waals surface area contributed by atoms with Crippen molar-refractivity contribution in [2.24, 2.45) is 28.6 Å². The van der Waals surface area contributed by atoms with E-state index in [1.54, 1.807) is 0 Å². The van der Waals surface area contributed by atoms with Crippen molar-refractivity contribution in [3.8, 4) is 0 Å². The molecule has 0 aromatic heterocycles. The lowest BCUT2D eigenvalue weighted by molar-refractivity contribution is -0.172. The third kappa shape index (κ3) is 1.94. The Morgan fingerprint density at radius 3 is 2.67 bits per heavy atom. The number of ketones is 1. The molecule has 0 saturated heterocycles. The van der Waals surface area contributed by atoms with Crippen molar-refractivity contribution in [3.63, 3.8) is 0 Å². The van der Waals surface area contributed by atoms with Crippen LogP contribution >= 0.6 is 0 Å². The van der Waals surface area contributed by atoms with E-state index in [4.69, 9.17) is 0 Å². The quantitative estimate of drug-likeness (QED) is 0.771. The summed E-state index contributed by atoms with van der Waals surface area (Å²) in [5, 5.41) is 22.4. The standard InChI is InChI=1S/C21H32O3/c1-4-21(24)10-8-16-15-6-5-13-11-14(22)7-9-19(13,2)18(15)17(23)12-20(16,21)3/h11,15-18,23-24H,4-10,12H2,1-3H3/t15?,16?,17?,18?,19-,20-,21-/m0/s1. The first kappa shape index (κ1) is 16.8. The van der Waals surface area contributed by atoms with Gasteiger partial charge in [0.15, 0.2) is 5.78 Å². The maximum atomic E-state index is 11.9. The number of fused-ring (bicyclic) bond motifs is 5. The zero-order chi connectivity index (χ0) is 17.3. The van der Waals surface area contributed by atoms with Crippen LogP contribution in [0.25, 0.3) is 0 Å². The summed E-state index contributed by atoms with van der Waals surface area (Å²) in [6.45, 7) is 6.60. The van der Waals surface area contributed by atoms with Crippen LogP contribution in [0.1, 0.15) is 72.1 Å². The topological polar surface area (TPSA) is 57.5 Å². The molecule has 0 aromatic rings. The van der Waals surface area contributed by atoms with Crippen LogP contribution < -0.4 is 0 Å². The monoisotopic (exact) mass is 332 g/mol. The van der Waals surface area contributed by atoms with Gasteiger partial charge in [0.25, 0.3) is 0 Å². The lowest BCUT2D eigenvalue weighted by Gasteiger charge is -2.60. The number of aliphatic hydroxyl groups excluding tert-OH is 1. The Bertz CT molecular complexity index is 596. The van der Waals surface area contributed by atoms with E-state index in [9.17, 15) is 15.0 Å². The maximum Gasteiger partial charge on any atom is 0.155 e. The van der Waals surface area contributed by atoms with Gasteiger partial charge in [0, 0.05) is 11.8 Å². The lowest BCUT2D eigenvalue weighted by Crippen LogP contribution is -2.59. The Kier molecular flexibility index (Phi) is 3.61. The first-order valence-electron chi connectivity index (χ1n) is 9.89. The van der Waals surface area contributed by atoms with Gasteiger partial charge in [-0.2, -0.15) is 0 Å². The van der Waals surface area contributed by atoms with Gasteiger partial charge in [0.2, 0.25) is 0 Å². The van der Waals surface area contributed by atoms with Crippen LogP contribution in [0.15, 0.2) is 11.6 Å². The van der Waals surface area contributed by atoms with Gasteiger partial charge in [-0.1, -0.05) is 26.3 Å². The van der Waals surface area contributed by atoms with Gasteiger partial charge in [-0.05, 0) is 74.2 Å². The normalized spacial score (nSPS) is 53.9. The average Bonchev–Trinajstić information content (AvgIpc) is 2.79. The number of carbonyl (C=O) groups is 1. The molecular formula is C21H32O3. The minimum atomic E-state index is -0.622. The number of rotatable bonds is 1. The van der Waals surface area contributed by atoms with Gasteiger partial charge in [0.1, 0.15) is 0 Å². The molecule has 134 valence electrons. The van der Waals surface area contributed by atoms with E-state index < -0.39 is 5.60 Å². The van der Waals surface area contributed by atoms with Gasteiger partial charge in [-0.15, -0.1) is 0 Å². The van der Waals surface area contributed by atoms with Crippen molar-refractivity contribution in [1.29, 1.82) is 0 Å². The minimum absolute atomic E-state index is 0.0233. The Labute approximate surface area is 145 Å². The van der Waals surface area contributed by atoms with Crippen LogP contribution in [-0.2, 0) is 4.79 Å². The summed E-state index contributed by atoms with van der Waals surface area (Å²) in [5.41, 5.74) is 0.476. The van der Waals surface area contributed by atoms with E-state index in [-0.39, 0.29) is 28.6 Å². The molecule has 24 heavy (non-hydrogen) atoms. The van der Waals surface area contributed by atoms with Crippen LogP contribution in [0.5, 0.6) is 0 Å². The maximum absolute atomic E-state index is 11.9. The Morgan fingerprint density at radius 2 is 1.96 bits per heavy atom. The van der Waals surface area contributed by atoms with Gasteiger partial charge < -0.3 is 10.2 Å². The van der Waals surface area contributed by atoms with E-state index in [2.05, 4.69) is 20.8 Å². The SMILES string of the molecule is CC[C@]1(O)CCC2C3CCC4=CC(=O)CC[C@]4(C)C3C(O)C[C@@]21C. The van der Waals surface area contributed by atoms with Crippen LogP contribution in [0, 0.1) is 28.6 Å². The predicted octanol–water partition coefficient (Wildman–Crippen LogP) is 3.63. The second-order valence-electron chi connectivity index (χ2n) is 9.50. The Hall–Kier alpha value is -0.670. The zero-order valence-corrected chi connectivity index (χ0v) is 15.3. The molecule has 0 heterocycles. The molecule has 4 aliphatic rings. The summed E-state index contributed by atoms with van der Waals surface area (Å²) in [4.78, 5) is 11.9. The molecule has 7 atom stereocenters. The van der Waals surface area contributed by atoms with Crippen LogP contribution in [0.4, 0.5) is 0 Å². The van der Waals surface area contributed by atoms with Gasteiger partial charge in [-0.25, -0.2) is 0 Å². The summed E-state index contributed by atoms with van der Waals surface area (Å²) in [5.74, 6) is 1.50. The first-order chi connectivity index (χ1) is 11.2. The van der Waals surface area contributed by atoms with Crippen molar-refractivity contribution in [1.82, 2.24) is 0 Å². The number of hydrogen-bond acceptors (Lipinski definition) is 3. The molecule has 3 nitrogen and oxygen atoms in total. The van der Waals surface area contributed by atoms with Gasteiger partial charge in [-0.3, -0.25) is 4.79 Å². The van der Waals surface area contributed by atoms with E-state index >= 15 is 0 Å². The molecule has 0 spiro atoms. The molecule has 4 aliphatic carbocycles. The fourth-order valence-electron chi connectivity index (χ4n) is 7.36. The molecule has 0 aromatic carbocycles. The third-order valence-electron chi connectivity index (χ3n) is 8.80. The molecule has 0 amide bonds. The molecule has 0 bridgehead atoms. The summed E-state index contributed by atoms with van der Waals surface area (Å²) in [7, 11) is 0. The molecule has 0 aliphatic heterocycles. The molecule has 2 N–H and O–H groups in total. The second kappa shape index (κ2) is 5.17. The minimum Gasteiger partial charge on any atom is -0.393 e. The van der Waals surface area contributed by atoms with Crippen LogP contribution in [-0.4, -0.2) is 27.7 Å². The number of allylic oxidation sites excluding steroid dienone is 1. The van der Waals surface area contributed by atoms with E-state index in [1.165, 1.54) is 5.57 Å². The summed E-state index contributed by atoms with van der Waals surface area (Å²) >= 11 is 0. The Balaban J connectivity index is 1.74. The highest BCUT2D eigenvalue weighted by Crippen LogP contribution is 2.67. The molecule has 4 rings (SSSR count). The number of aliphatic hydroxyl groups is 2. The van der Waals surface area contributed by atoms with Crippen molar-refractivity contribution in [2.75, 3.05) is 0 Å². The summed E-state index contributed by atoms with van der Waals surface area (Å²) < 4.78 is 0. The smallest absolute Gasteiger partial charge is 0.155 e. The average molecular weight is 332 g/mol. The summed E-state index contributed by atoms with van der Waals surface area (Å²) in [6, 6.07) is 0. The zero-order valence-electron chi connectivity index (χ0n) is 15.3. The van der Waals surface area contributed by atoms with Crippen molar-refractivity contribution in [3.05, 3.63) is 11.6 Å². The molecule has 3 saturated carbocycles. The van der Waals surface area contributed by atoms with Crippen molar-refractivity contribution < 1.29 is 15.0 Å². The van der Waals surface area contributed by atoms with Crippen LogP contribution in [0.2, 0.25) is 0 Å². The van der Waals surface area contributed by atoms with Gasteiger partial charge >= 0.3 is 0 Å². The van der Waals surface area contributed by atoms with Crippen LogP contribution in [0.3, 0.4) is 0 Å².